The van der Waals surface area contributed by atoms with Crippen molar-refractivity contribution in [2.45, 2.75) is 52.3 Å². The Labute approximate surface area is 229 Å². The molecule has 36 heavy (non-hydrogen) atoms. The molecular formula is C27H40O8Zn-4. The predicted octanol–water partition coefficient (Wildman–Crippen LogP) is 3.95. The fraction of sp³-hybridized carbons (Fsp3) is 0.296. The van der Waals surface area contributed by atoms with E-state index in [1.807, 2.05) is 60.7 Å². The summed E-state index contributed by atoms with van der Waals surface area (Å²) in [5.41, 5.74) is 1.88. The van der Waals surface area contributed by atoms with Crippen LogP contribution < -0.4 is 0 Å². The van der Waals surface area contributed by atoms with Crippen LogP contribution in [-0.4, -0.2) is 46.4 Å². The maximum absolute atomic E-state index is 10.8. The first-order valence-corrected chi connectivity index (χ1v) is 9.69. The Morgan fingerprint density at radius 1 is 0.833 bits per heavy atom. The van der Waals surface area contributed by atoms with Crippen LogP contribution >= 0.6 is 0 Å². The first-order chi connectivity index (χ1) is 14.7. The van der Waals surface area contributed by atoms with E-state index in [9.17, 15) is 14.4 Å². The third kappa shape index (κ3) is 17.8. The molecule has 0 aliphatic carbocycles. The maximum atomic E-state index is 10.8. The van der Waals surface area contributed by atoms with Crippen molar-refractivity contribution in [1.29, 1.82) is 0 Å². The molecule has 0 aromatic heterocycles. The van der Waals surface area contributed by atoms with Gasteiger partial charge in [-0.25, -0.2) is 14.4 Å². The Morgan fingerprint density at radius 2 is 1.19 bits per heavy atom. The van der Waals surface area contributed by atoms with Gasteiger partial charge in [0.05, 0.1) is 6.61 Å². The van der Waals surface area contributed by atoms with E-state index in [0.29, 0.717) is 0 Å². The van der Waals surface area contributed by atoms with Gasteiger partial charge in [-0.15, -0.1) is 0 Å². The van der Waals surface area contributed by atoms with Gasteiger partial charge in [0, 0.05) is 19.5 Å². The first kappa shape index (κ1) is 43.5. The molecular weight excluding hydrogens is 518 g/mol. The average molecular weight is 558 g/mol. The van der Waals surface area contributed by atoms with Gasteiger partial charge in [-0.1, -0.05) is 60.7 Å². The number of aliphatic hydroxyl groups excluding tert-OH is 2. The van der Waals surface area contributed by atoms with Crippen LogP contribution in [0.5, 0.6) is 0 Å². The summed E-state index contributed by atoms with van der Waals surface area (Å²) in [6.07, 6.45) is -2.55. The van der Waals surface area contributed by atoms with Gasteiger partial charge >= 0.3 is 17.9 Å². The molecule has 1 aliphatic heterocycles. The van der Waals surface area contributed by atoms with Crippen molar-refractivity contribution in [3.8, 4) is 0 Å². The summed E-state index contributed by atoms with van der Waals surface area (Å²) in [5.74, 6) is -1.55. The van der Waals surface area contributed by atoms with Crippen LogP contribution in [0.2, 0.25) is 0 Å². The zero-order valence-corrected chi connectivity index (χ0v) is 25.4. The van der Waals surface area contributed by atoms with Gasteiger partial charge in [0.1, 0.15) is 12.7 Å². The van der Waals surface area contributed by atoms with E-state index < -0.39 is 36.2 Å². The number of benzene rings is 2. The van der Waals surface area contributed by atoms with Crippen LogP contribution in [0, 0.1) is 29.7 Å². The van der Waals surface area contributed by atoms with Crippen molar-refractivity contribution in [3.05, 3.63) is 101 Å². The number of ether oxygens (including phenoxy) is 3. The fourth-order valence-corrected chi connectivity index (χ4v) is 2.07. The summed E-state index contributed by atoms with van der Waals surface area (Å²) in [7, 11) is 0. The molecule has 0 spiro atoms. The molecule has 3 rings (SSSR count). The topological polar surface area (TPSA) is 119 Å². The van der Waals surface area contributed by atoms with Crippen LogP contribution in [-0.2, 0) is 61.3 Å². The molecule has 202 valence electrons. The van der Waals surface area contributed by atoms with Crippen molar-refractivity contribution in [2.24, 2.45) is 0 Å². The number of aliphatic hydroxyl groups is 2. The van der Waals surface area contributed by atoms with E-state index in [1.165, 1.54) is 20.8 Å². The van der Waals surface area contributed by atoms with Crippen LogP contribution in [0.1, 0.15) is 31.9 Å². The second kappa shape index (κ2) is 24.1. The standard InChI is InChI=1S/C10H12O3.C7H8O.C6H8O4.4CH3.Zn/c1-8(11)10(12)13-7-9-5-3-2-4-6-9;8-6-7-4-2-1-3-5-7;1-3-5(7)10-4(2)6(8)9-3;;;;;/h2-6,8,11H,7H2,1H3;1-5,8H,6H2;3-4H,1-2H3;4*1H3;/q;;;4*-1;. The molecule has 8 nitrogen and oxygen atoms in total. The number of hydrogen-bond donors (Lipinski definition) is 2. The van der Waals surface area contributed by atoms with E-state index in [4.69, 9.17) is 14.9 Å². The number of carbonyl (C=O) groups excluding carboxylic acids is 3. The molecule has 1 saturated heterocycles. The largest absolute Gasteiger partial charge is 0.459 e. The summed E-state index contributed by atoms with van der Waals surface area (Å²) >= 11 is 0. The van der Waals surface area contributed by atoms with Crippen molar-refractivity contribution < 1.29 is 58.3 Å². The molecule has 0 radical (unpaired) electrons. The minimum absolute atomic E-state index is 0. The molecule has 2 aromatic rings. The number of rotatable bonds is 4. The number of carbonyl (C=O) groups is 3. The van der Waals surface area contributed by atoms with Gasteiger partial charge in [0.25, 0.3) is 0 Å². The third-order valence-electron chi connectivity index (χ3n) is 3.84. The Bertz CT molecular complexity index is 793. The van der Waals surface area contributed by atoms with Crippen LogP contribution in [0.3, 0.4) is 0 Å². The molecule has 1 fully saturated rings. The van der Waals surface area contributed by atoms with Gasteiger partial charge in [-0.3, -0.25) is 0 Å². The molecule has 2 aromatic carbocycles. The molecule has 1 heterocycles. The maximum Gasteiger partial charge on any atom is 0.347 e. The molecule has 1 aliphatic rings. The summed E-state index contributed by atoms with van der Waals surface area (Å²) in [4.78, 5) is 32.1. The predicted molar refractivity (Wildman–Crippen MR) is 137 cm³/mol. The Kier molecular flexibility index (Phi) is 29.1. The van der Waals surface area contributed by atoms with Gasteiger partial charge in [-0.2, -0.15) is 0 Å². The Hall–Kier alpha value is -2.61. The van der Waals surface area contributed by atoms with E-state index in [1.54, 1.807) is 0 Å². The van der Waals surface area contributed by atoms with Gasteiger partial charge in [0.2, 0.25) is 0 Å². The van der Waals surface area contributed by atoms with E-state index in [0.717, 1.165) is 11.1 Å². The van der Waals surface area contributed by atoms with Crippen LogP contribution in [0.4, 0.5) is 0 Å². The molecule has 0 bridgehead atoms. The second-order valence-corrected chi connectivity index (χ2v) is 6.57. The van der Waals surface area contributed by atoms with Gasteiger partial charge in [-0.05, 0) is 31.9 Å². The van der Waals surface area contributed by atoms with Crippen molar-refractivity contribution in [3.63, 3.8) is 0 Å². The van der Waals surface area contributed by atoms with Gasteiger partial charge < -0.3 is 54.1 Å². The first-order valence-electron chi connectivity index (χ1n) is 9.69. The van der Waals surface area contributed by atoms with E-state index in [-0.39, 0.29) is 62.4 Å². The normalized spacial score (nSPS) is 15.6. The zero-order valence-electron chi connectivity index (χ0n) is 22.5. The minimum Gasteiger partial charge on any atom is -0.459 e. The molecule has 3 unspecified atom stereocenters. The number of cyclic esters (lactones) is 2. The second-order valence-electron chi connectivity index (χ2n) is 6.57. The average Bonchev–Trinajstić information content (AvgIpc) is 2.78. The molecule has 3 atom stereocenters. The number of hydrogen-bond acceptors (Lipinski definition) is 8. The number of esters is 3. The third-order valence-corrected chi connectivity index (χ3v) is 3.84. The Morgan fingerprint density at radius 3 is 1.50 bits per heavy atom. The SMILES string of the molecule is CC(O)C(=O)OCc1ccccc1.CC1OC(=O)C(C)OC1=O.OCc1ccccc1.[CH3-].[CH3-].[CH3-].[CH3-].[Zn]. The summed E-state index contributed by atoms with van der Waals surface area (Å²) in [6.45, 7) is 4.69. The zero-order chi connectivity index (χ0) is 23.2. The van der Waals surface area contributed by atoms with Crippen molar-refractivity contribution in [2.75, 3.05) is 0 Å². The molecule has 9 heteroatoms. The van der Waals surface area contributed by atoms with E-state index in [2.05, 4.69) is 9.47 Å². The molecule has 0 amide bonds. The minimum atomic E-state index is -1.05. The monoisotopic (exact) mass is 556 g/mol. The quantitative estimate of drug-likeness (QED) is 0.251. The van der Waals surface area contributed by atoms with Crippen LogP contribution in [0.15, 0.2) is 60.7 Å². The van der Waals surface area contributed by atoms with Crippen molar-refractivity contribution >= 4 is 17.9 Å². The smallest absolute Gasteiger partial charge is 0.347 e. The molecule has 0 saturated carbocycles. The van der Waals surface area contributed by atoms with Crippen molar-refractivity contribution in [1.82, 2.24) is 0 Å². The summed E-state index contributed by atoms with van der Waals surface area (Å²) < 4.78 is 14.0. The van der Waals surface area contributed by atoms with Crippen LogP contribution in [0.25, 0.3) is 0 Å². The Balaban J connectivity index is -0.000000128. The van der Waals surface area contributed by atoms with E-state index >= 15 is 0 Å². The summed E-state index contributed by atoms with van der Waals surface area (Å²) in [6, 6.07) is 18.9. The fourth-order valence-electron chi connectivity index (χ4n) is 2.07. The summed E-state index contributed by atoms with van der Waals surface area (Å²) in [5, 5.41) is 17.4. The molecule has 2 N–H and O–H groups in total. The van der Waals surface area contributed by atoms with Gasteiger partial charge in [0.15, 0.2) is 12.2 Å².